The smallest absolute Gasteiger partial charge is 0.239 e. The number of amides is 1. The second-order valence-electron chi connectivity index (χ2n) is 8.26. The van der Waals surface area contributed by atoms with Crippen molar-refractivity contribution in [2.24, 2.45) is 0 Å². The molecule has 6 heteroatoms. The summed E-state index contributed by atoms with van der Waals surface area (Å²) in [5.74, 6) is 1.75. The van der Waals surface area contributed by atoms with Crippen LogP contribution in [0.25, 0.3) is 0 Å². The quantitative estimate of drug-likeness (QED) is 0.777. The third-order valence-electron chi connectivity index (χ3n) is 6.32. The van der Waals surface area contributed by atoms with Gasteiger partial charge in [0, 0.05) is 12.1 Å². The Morgan fingerprint density at radius 1 is 1.07 bits per heavy atom. The fourth-order valence-corrected chi connectivity index (χ4v) is 4.78. The van der Waals surface area contributed by atoms with Crippen LogP contribution in [-0.2, 0) is 4.79 Å². The van der Waals surface area contributed by atoms with Gasteiger partial charge in [-0.2, -0.15) is 5.10 Å². The van der Waals surface area contributed by atoms with Gasteiger partial charge in [-0.25, -0.2) is 4.68 Å². The number of anilines is 1. The Balaban J connectivity index is 1.44. The van der Waals surface area contributed by atoms with Gasteiger partial charge in [0.1, 0.15) is 11.6 Å². The number of rotatable bonds is 6. The first-order valence-corrected chi connectivity index (χ1v) is 11.0. The fourth-order valence-electron chi connectivity index (χ4n) is 4.78. The Morgan fingerprint density at radius 3 is 2.59 bits per heavy atom. The normalized spacial score (nSPS) is 21.1. The number of hydrogen-bond donors (Lipinski definition) is 1. The molecule has 29 heavy (non-hydrogen) atoms. The van der Waals surface area contributed by atoms with Gasteiger partial charge in [-0.1, -0.05) is 37.8 Å². The van der Waals surface area contributed by atoms with E-state index >= 15 is 0 Å². The third kappa shape index (κ3) is 4.81. The molecule has 0 radical (unpaired) electrons. The van der Waals surface area contributed by atoms with E-state index in [4.69, 9.17) is 4.74 Å². The van der Waals surface area contributed by atoms with Crippen molar-refractivity contribution in [2.45, 2.75) is 63.5 Å². The molecule has 1 aromatic heterocycles. The molecule has 156 valence electrons. The van der Waals surface area contributed by atoms with Crippen molar-refractivity contribution in [3.63, 3.8) is 0 Å². The molecule has 4 rings (SSSR count). The average Bonchev–Trinajstić information content (AvgIpc) is 3.37. The van der Waals surface area contributed by atoms with Gasteiger partial charge >= 0.3 is 0 Å². The molecule has 1 aliphatic heterocycles. The molecule has 1 saturated heterocycles. The number of hydrogen-bond acceptors (Lipinski definition) is 4. The molecule has 1 aromatic carbocycles. The topological polar surface area (TPSA) is 59.4 Å². The summed E-state index contributed by atoms with van der Waals surface area (Å²) in [5, 5.41) is 7.59. The number of methoxy groups -OCH3 is 1. The zero-order chi connectivity index (χ0) is 20.1. The standard InChI is InChI=1S/C23H32N4O2/c1-29-20-12-10-18(11-13-20)21-9-3-2-6-16-26(21)17-23(28)25-22-14-15-24-27(22)19-7-4-5-8-19/h10-15,19,21H,2-9,16-17H2,1H3,(H,25,28). The molecule has 2 heterocycles. The molecule has 2 aliphatic rings. The van der Waals surface area contributed by atoms with Crippen LogP contribution in [0.15, 0.2) is 36.5 Å². The molecule has 1 atom stereocenters. The van der Waals surface area contributed by atoms with Gasteiger partial charge in [-0.05, 0) is 49.9 Å². The molecule has 2 aromatic rings. The number of likely N-dealkylation sites (tertiary alicyclic amines) is 1. The van der Waals surface area contributed by atoms with Crippen molar-refractivity contribution in [1.29, 1.82) is 0 Å². The first-order valence-electron chi connectivity index (χ1n) is 11.0. The van der Waals surface area contributed by atoms with Gasteiger partial charge in [0.15, 0.2) is 0 Å². The van der Waals surface area contributed by atoms with E-state index in [9.17, 15) is 4.79 Å². The maximum absolute atomic E-state index is 12.9. The number of carbonyl (C=O) groups excluding carboxylic acids is 1. The van der Waals surface area contributed by atoms with Crippen LogP contribution in [0, 0.1) is 0 Å². The lowest BCUT2D eigenvalue weighted by molar-refractivity contribution is -0.117. The Morgan fingerprint density at radius 2 is 1.83 bits per heavy atom. The molecule has 1 unspecified atom stereocenters. The van der Waals surface area contributed by atoms with E-state index in [0.717, 1.165) is 43.8 Å². The second kappa shape index (κ2) is 9.44. The van der Waals surface area contributed by atoms with Crippen LogP contribution in [0.2, 0.25) is 0 Å². The maximum Gasteiger partial charge on any atom is 0.239 e. The summed E-state index contributed by atoms with van der Waals surface area (Å²) < 4.78 is 7.31. The lowest BCUT2D eigenvalue weighted by atomic mass is 10.0. The molecule has 6 nitrogen and oxygen atoms in total. The summed E-state index contributed by atoms with van der Waals surface area (Å²) in [4.78, 5) is 15.3. The lowest BCUT2D eigenvalue weighted by Gasteiger charge is -2.30. The lowest BCUT2D eigenvalue weighted by Crippen LogP contribution is -2.36. The zero-order valence-corrected chi connectivity index (χ0v) is 17.3. The highest BCUT2D eigenvalue weighted by atomic mass is 16.5. The highest BCUT2D eigenvalue weighted by Crippen LogP contribution is 2.32. The van der Waals surface area contributed by atoms with Crippen LogP contribution < -0.4 is 10.1 Å². The summed E-state index contributed by atoms with van der Waals surface area (Å²) >= 11 is 0. The number of aromatic nitrogens is 2. The largest absolute Gasteiger partial charge is 0.497 e. The molecule has 2 fully saturated rings. The van der Waals surface area contributed by atoms with Crippen LogP contribution in [0.1, 0.15) is 69.0 Å². The SMILES string of the molecule is COc1ccc(C2CCCCCN2CC(=O)Nc2ccnn2C2CCCC2)cc1. The van der Waals surface area contributed by atoms with Crippen molar-refractivity contribution >= 4 is 11.7 Å². The first kappa shape index (κ1) is 20.0. The van der Waals surface area contributed by atoms with E-state index in [0.29, 0.717) is 12.6 Å². The van der Waals surface area contributed by atoms with Crippen molar-refractivity contribution in [3.8, 4) is 5.75 Å². The fraction of sp³-hybridized carbons (Fsp3) is 0.565. The van der Waals surface area contributed by atoms with Crippen LogP contribution >= 0.6 is 0 Å². The molecule has 1 N–H and O–H groups in total. The third-order valence-corrected chi connectivity index (χ3v) is 6.32. The molecular formula is C23H32N4O2. The number of carbonyl (C=O) groups is 1. The number of benzene rings is 1. The van der Waals surface area contributed by atoms with Crippen LogP contribution in [0.4, 0.5) is 5.82 Å². The van der Waals surface area contributed by atoms with Crippen molar-refractivity contribution < 1.29 is 9.53 Å². The minimum absolute atomic E-state index is 0.0464. The predicted molar refractivity (Wildman–Crippen MR) is 114 cm³/mol. The second-order valence-corrected chi connectivity index (χ2v) is 8.26. The number of nitrogens with zero attached hydrogens (tertiary/aromatic N) is 3. The highest BCUT2D eigenvalue weighted by Gasteiger charge is 2.26. The van der Waals surface area contributed by atoms with Gasteiger partial charge in [0.2, 0.25) is 5.91 Å². The Kier molecular flexibility index (Phi) is 6.49. The number of ether oxygens (including phenoxy) is 1. The molecule has 1 saturated carbocycles. The minimum atomic E-state index is 0.0464. The van der Waals surface area contributed by atoms with E-state index in [2.05, 4.69) is 27.4 Å². The monoisotopic (exact) mass is 396 g/mol. The van der Waals surface area contributed by atoms with E-state index in [-0.39, 0.29) is 11.9 Å². The molecule has 1 aliphatic carbocycles. The Labute approximate surface area is 173 Å². The van der Waals surface area contributed by atoms with Crippen molar-refractivity contribution in [2.75, 3.05) is 25.5 Å². The van der Waals surface area contributed by atoms with E-state index in [1.54, 1.807) is 13.3 Å². The van der Waals surface area contributed by atoms with Crippen LogP contribution in [-0.4, -0.2) is 40.8 Å². The molecule has 0 spiro atoms. The van der Waals surface area contributed by atoms with Crippen LogP contribution in [0.3, 0.4) is 0 Å². The predicted octanol–water partition coefficient (Wildman–Crippen LogP) is 4.56. The summed E-state index contributed by atoms with van der Waals surface area (Å²) in [6, 6.07) is 10.9. The molecular weight excluding hydrogens is 364 g/mol. The summed E-state index contributed by atoms with van der Waals surface area (Å²) in [6.07, 6.45) is 11.2. The zero-order valence-electron chi connectivity index (χ0n) is 17.3. The summed E-state index contributed by atoms with van der Waals surface area (Å²) in [7, 11) is 1.69. The van der Waals surface area contributed by atoms with Gasteiger partial charge < -0.3 is 10.1 Å². The van der Waals surface area contributed by atoms with Crippen molar-refractivity contribution in [1.82, 2.24) is 14.7 Å². The van der Waals surface area contributed by atoms with Gasteiger partial charge in [0.25, 0.3) is 0 Å². The first-order chi connectivity index (χ1) is 14.2. The number of nitrogens with one attached hydrogen (secondary N) is 1. The van der Waals surface area contributed by atoms with E-state index in [1.165, 1.54) is 31.2 Å². The highest BCUT2D eigenvalue weighted by molar-refractivity contribution is 5.91. The Bertz CT molecular complexity index is 795. The van der Waals surface area contributed by atoms with E-state index < -0.39 is 0 Å². The minimum Gasteiger partial charge on any atom is -0.497 e. The Hall–Kier alpha value is -2.34. The van der Waals surface area contributed by atoms with Crippen LogP contribution in [0.5, 0.6) is 5.75 Å². The van der Waals surface area contributed by atoms with Crippen molar-refractivity contribution in [3.05, 3.63) is 42.1 Å². The molecule has 0 bridgehead atoms. The van der Waals surface area contributed by atoms with Gasteiger partial charge in [0.05, 0.1) is 25.9 Å². The molecule has 1 amide bonds. The van der Waals surface area contributed by atoms with Gasteiger partial charge in [-0.15, -0.1) is 0 Å². The average molecular weight is 397 g/mol. The summed E-state index contributed by atoms with van der Waals surface area (Å²) in [5.41, 5.74) is 1.26. The maximum atomic E-state index is 12.9. The summed E-state index contributed by atoms with van der Waals surface area (Å²) in [6.45, 7) is 1.36. The van der Waals surface area contributed by atoms with Gasteiger partial charge in [-0.3, -0.25) is 9.69 Å². The van der Waals surface area contributed by atoms with E-state index in [1.807, 2.05) is 22.9 Å².